The van der Waals surface area contributed by atoms with E-state index >= 15 is 0 Å². The second-order valence-electron chi connectivity index (χ2n) is 6.53. The molecule has 0 aliphatic carbocycles. The average molecular weight is 285 g/mol. The lowest BCUT2D eigenvalue weighted by atomic mass is 9.90. The van der Waals surface area contributed by atoms with Crippen molar-refractivity contribution >= 4 is 16.9 Å². The van der Waals surface area contributed by atoms with Crippen LogP contribution in [-0.4, -0.2) is 61.3 Å². The van der Waals surface area contributed by atoms with Gasteiger partial charge in [-0.1, -0.05) is 32.5 Å². The van der Waals surface area contributed by atoms with Gasteiger partial charge >= 0.3 is 0 Å². The molecule has 0 aromatic heterocycles. The highest BCUT2D eigenvalue weighted by Gasteiger charge is 2.24. The van der Waals surface area contributed by atoms with Crippen LogP contribution in [0.2, 0.25) is 0 Å². The van der Waals surface area contributed by atoms with Gasteiger partial charge in [0.15, 0.2) is 5.17 Å². The third-order valence-corrected chi connectivity index (χ3v) is 4.51. The zero-order chi connectivity index (χ0) is 13.7. The Kier molecular flexibility index (Phi) is 5.54. The summed E-state index contributed by atoms with van der Waals surface area (Å²) in [6, 6.07) is 0. The summed E-state index contributed by atoms with van der Waals surface area (Å²) >= 11 is 1.92. The number of nitrogens with zero attached hydrogens (tertiary/aromatic N) is 2. The fraction of sp³-hybridized carbons (Fsp3) is 0.929. The maximum absolute atomic E-state index is 5.35. The van der Waals surface area contributed by atoms with Crippen LogP contribution < -0.4 is 5.32 Å². The first-order valence-corrected chi connectivity index (χ1v) is 8.16. The molecule has 19 heavy (non-hydrogen) atoms. The van der Waals surface area contributed by atoms with E-state index < -0.39 is 0 Å². The first-order chi connectivity index (χ1) is 9.03. The van der Waals surface area contributed by atoms with E-state index in [0.717, 1.165) is 51.1 Å². The van der Waals surface area contributed by atoms with Gasteiger partial charge in [-0.3, -0.25) is 9.89 Å². The largest absolute Gasteiger partial charge is 0.379 e. The number of hydrogen-bond acceptors (Lipinski definition) is 5. The monoisotopic (exact) mass is 285 g/mol. The zero-order valence-electron chi connectivity index (χ0n) is 12.4. The molecule has 0 saturated carbocycles. The van der Waals surface area contributed by atoms with Crippen LogP contribution in [0.25, 0.3) is 0 Å². The average Bonchev–Trinajstić information content (AvgIpc) is 2.76. The van der Waals surface area contributed by atoms with Crippen molar-refractivity contribution in [1.82, 2.24) is 10.2 Å². The molecule has 0 bridgehead atoms. The molecule has 1 atom stereocenters. The van der Waals surface area contributed by atoms with Crippen LogP contribution in [0.1, 0.15) is 27.2 Å². The second kappa shape index (κ2) is 6.95. The number of ether oxygens (including phenoxy) is 1. The van der Waals surface area contributed by atoms with Crippen molar-refractivity contribution < 1.29 is 4.74 Å². The van der Waals surface area contributed by atoms with Crippen LogP contribution >= 0.6 is 11.8 Å². The molecule has 2 aliphatic rings. The number of thioether (sulfide) groups is 1. The molecule has 1 unspecified atom stereocenters. The van der Waals surface area contributed by atoms with Crippen molar-refractivity contribution in [3.05, 3.63) is 0 Å². The Morgan fingerprint density at radius 3 is 2.79 bits per heavy atom. The molecule has 2 heterocycles. The zero-order valence-corrected chi connectivity index (χ0v) is 13.3. The summed E-state index contributed by atoms with van der Waals surface area (Å²) in [4.78, 5) is 7.06. The van der Waals surface area contributed by atoms with Gasteiger partial charge in [-0.15, -0.1) is 0 Å². The standard InChI is InChI=1S/C14H27N3OS/c1-14(2,3)10-12-11-16-13(19-12)15-4-5-17-6-8-18-9-7-17/h12H,4-11H2,1-3H3,(H,15,16). The van der Waals surface area contributed by atoms with E-state index in [9.17, 15) is 0 Å². The molecule has 0 aromatic carbocycles. The topological polar surface area (TPSA) is 36.9 Å². The van der Waals surface area contributed by atoms with Crippen molar-refractivity contribution in [2.75, 3.05) is 45.9 Å². The fourth-order valence-electron chi connectivity index (χ4n) is 2.45. The number of nitrogens with one attached hydrogen (secondary N) is 1. The Bertz CT molecular complexity index is 308. The van der Waals surface area contributed by atoms with Crippen LogP contribution in [-0.2, 0) is 4.74 Å². The van der Waals surface area contributed by atoms with Crippen LogP contribution in [0.3, 0.4) is 0 Å². The minimum atomic E-state index is 0.399. The van der Waals surface area contributed by atoms with Gasteiger partial charge in [-0.25, -0.2) is 0 Å². The number of morpholine rings is 1. The molecule has 0 amide bonds. The quantitative estimate of drug-likeness (QED) is 0.855. The molecule has 0 spiro atoms. The number of hydrogen-bond donors (Lipinski definition) is 1. The van der Waals surface area contributed by atoms with E-state index in [4.69, 9.17) is 4.74 Å². The lowest BCUT2D eigenvalue weighted by molar-refractivity contribution is 0.0389. The summed E-state index contributed by atoms with van der Waals surface area (Å²) in [5.74, 6) is 0. The third kappa shape index (κ3) is 5.71. The molecule has 4 nitrogen and oxygen atoms in total. The van der Waals surface area contributed by atoms with Crippen LogP contribution in [0.15, 0.2) is 4.99 Å². The SMILES string of the molecule is CC(C)(C)CC1CN=C(NCCN2CCOCC2)S1. The van der Waals surface area contributed by atoms with E-state index in [1.807, 2.05) is 11.8 Å². The molecule has 2 rings (SSSR count). The molecular weight excluding hydrogens is 258 g/mol. The minimum Gasteiger partial charge on any atom is -0.379 e. The summed E-state index contributed by atoms with van der Waals surface area (Å²) in [5, 5.41) is 5.27. The number of aliphatic imine (C=N–C) groups is 1. The maximum atomic E-state index is 5.35. The van der Waals surface area contributed by atoms with Crippen LogP contribution in [0.5, 0.6) is 0 Å². The predicted molar refractivity (Wildman–Crippen MR) is 83.0 cm³/mol. The molecule has 0 aromatic rings. The molecule has 5 heteroatoms. The fourth-order valence-corrected chi connectivity index (χ4v) is 3.83. The Hall–Kier alpha value is -0.260. The van der Waals surface area contributed by atoms with E-state index in [-0.39, 0.29) is 0 Å². The molecular formula is C14H27N3OS. The first-order valence-electron chi connectivity index (χ1n) is 7.28. The van der Waals surface area contributed by atoms with Gasteiger partial charge in [-0.05, 0) is 11.8 Å². The van der Waals surface area contributed by atoms with Gasteiger partial charge in [0.2, 0.25) is 0 Å². The Balaban J connectivity index is 1.59. The summed E-state index contributed by atoms with van der Waals surface area (Å²) in [6.45, 7) is 13.9. The number of amidine groups is 1. The molecule has 1 saturated heterocycles. The van der Waals surface area contributed by atoms with Gasteiger partial charge in [0.25, 0.3) is 0 Å². The molecule has 2 aliphatic heterocycles. The Labute approximate surface area is 121 Å². The third-order valence-electron chi connectivity index (χ3n) is 3.36. The summed E-state index contributed by atoms with van der Waals surface area (Å²) in [5.41, 5.74) is 0.399. The van der Waals surface area contributed by atoms with E-state index in [2.05, 4.69) is 36.0 Å². The van der Waals surface area contributed by atoms with Crippen molar-refractivity contribution in [2.24, 2.45) is 10.4 Å². The normalized spacial score (nSPS) is 25.4. The van der Waals surface area contributed by atoms with Crippen LogP contribution in [0, 0.1) is 5.41 Å². The summed E-state index contributed by atoms with van der Waals surface area (Å²) in [6.07, 6.45) is 1.23. The highest BCUT2D eigenvalue weighted by molar-refractivity contribution is 8.14. The van der Waals surface area contributed by atoms with Crippen molar-refractivity contribution in [2.45, 2.75) is 32.4 Å². The highest BCUT2D eigenvalue weighted by Crippen LogP contribution is 2.31. The van der Waals surface area contributed by atoms with Crippen LogP contribution in [0.4, 0.5) is 0 Å². The molecule has 1 fully saturated rings. The maximum Gasteiger partial charge on any atom is 0.156 e. The highest BCUT2D eigenvalue weighted by atomic mass is 32.2. The summed E-state index contributed by atoms with van der Waals surface area (Å²) < 4.78 is 5.35. The van der Waals surface area contributed by atoms with Crippen molar-refractivity contribution in [1.29, 1.82) is 0 Å². The van der Waals surface area contributed by atoms with E-state index in [0.29, 0.717) is 10.7 Å². The Morgan fingerprint density at radius 2 is 2.11 bits per heavy atom. The van der Waals surface area contributed by atoms with Gasteiger partial charge in [0, 0.05) is 31.4 Å². The lowest BCUT2D eigenvalue weighted by Gasteiger charge is -2.26. The van der Waals surface area contributed by atoms with Crippen molar-refractivity contribution in [3.8, 4) is 0 Å². The first kappa shape index (κ1) is 15.1. The van der Waals surface area contributed by atoms with E-state index in [1.54, 1.807) is 0 Å². The smallest absolute Gasteiger partial charge is 0.156 e. The predicted octanol–water partition coefficient (Wildman–Crippen LogP) is 1.82. The molecule has 0 radical (unpaired) electrons. The molecule has 1 N–H and O–H groups in total. The molecule has 110 valence electrons. The Morgan fingerprint density at radius 1 is 1.37 bits per heavy atom. The second-order valence-corrected chi connectivity index (χ2v) is 7.82. The number of rotatable bonds is 4. The van der Waals surface area contributed by atoms with Gasteiger partial charge in [-0.2, -0.15) is 0 Å². The van der Waals surface area contributed by atoms with Crippen molar-refractivity contribution in [3.63, 3.8) is 0 Å². The van der Waals surface area contributed by atoms with Gasteiger partial charge in [0.05, 0.1) is 19.8 Å². The summed E-state index contributed by atoms with van der Waals surface area (Å²) in [7, 11) is 0. The van der Waals surface area contributed by atoms with Gasteiger partial charge < -0.3 is 10.1 Å². The minimum absolute atomic E-state index is 0.399. The van der Waals surface area contributed by atoms with Gasteiger partial charge in [0.1, 0.15) is 0 Å². The van der Waals surface area contributed by atoms with E-state index in [1.165, 1.54) is 6.42 Å². The lowest BCUT2D eigenvalue weighted by Crippen LogP contribution is -2.40.